The van der Waals surface area contributed by atoms with Gasteiger partial charge < -0.3 is 5.32 Å². The van der Waals surface area contributed by atoms with Crippen molar-refractivity contribution in [2.24, 2.45) is 0 Å². The number of rotatable bonds is 4. The van der Waals surface area contributed by atoms with E-state index in [4.69, 9.17) is 23.2 Å². The molecule has 29 heavy (non-hydrogen) atoms. The molecule has 146 valence electrons. The summed E-state index contributed by atoms with van der Waals surface area (Å²) in [4.78, 5) is 14.3. The van der Waals surface area contributed by atoms with E-state index < -0.39 is 0 Å². The Morgan fingerprint density at radius 1 is 1.03 bits per heavy atom. The van der Waals surface area contributed by atoms with Crippen molar-refractivity contribution >= 4 is 45.8 Å². The molecule has 4 aromatic rings. The third-order valence-corrected chi connectivity index (χ3v) is 5.57. The van der Waals surface area contributed by atoms with Gasteiger partial charge in [-0.3, -0.25) is 4.79 Å². The van der Waals surface area contributed by atoms with E-state index in [-0.39, 0.29) is 10.9 Å². The Kier molecular flexibility index (Phi) is 5.26. The zero-order chi connectivity index (χ0) is 20.5. The number of halogens is 2. The molecule has 0 aliphatic heterocycles. The molecule has 1 aromatic heterocycles. The third-order valence-electron chi connectivity index (χ3n) is 4.75. The van der Waals surface area contributed by atoms with Crippen LogP contribution in [0.5, 0.6) is 0 Å². The fourth-order valence-corrected chi connectivity index (χ4v) is 3.44. The molecule has 0 aliphatic carbocycles. The van der Waals surface area contributed by atoms with Gasteiger partial charge in [-0.1, -0.05) is 48.3 Å². The van der Waals surface area contributed by atoms with Gasteiger partial charge in [0.1, 0.15) is 11.0 Å². The monoisotopic (exact) mass is 424 g/mol. The van der Waals surface area contributed by atoms with Crippen LogP contribution in [0.3, 0.4) is 0 Å². The number of amides is 1. The fraction of sp³-hybridized carbons (Fsp3) is 0.136. The molecule has 1 amide bonds. The number of hydrogen-bond acceptors (Lipinski definition) is 3. The van der Waals surface area contributed by atoms with Crippen LogP contribution in [-0.4, -0.2) is 20.9 Å². The van der Waals surface area contributed by atoms with E-state index in [1.54, 1.807) is 23.0 Å². The SMILES string of the molecule is CCc1ccc(-n2nc3cc(C)c(NC(=O)c4cccc(Cl)c4Cl)cc3n2)cc1. The molecule has 0 unspecified atom stereocenters. The van der Waals surface area contributed by atoms with Gasteiger partial charge in [-0.2, -0.15) is 4.80 Å². The lowest BCUT2D eigenvalue weighted by molar-refractivity contribution is 0.102. The topological polar surface area (TPSA) is 59.8 Å². The van der Waals surface area contributed by atoms with Gasteiger partial charge in [0.15, 0.2) is 0 Å². The molecule has 5 nitrogen and oxygen atoms in total. The van der Waals surface area contributed by atoms with Crippen LogP contribution in [0, 0.1) is 6.92 Å². The molecule has 0 saturated carbocycles. The van der Waals surface area contributed by atoms with E-state index in [9.17, 15) is 4.79 Å². The van der Waals surface area contributed by atoms with E-state index in [0.29, 0.717) is 21.8 Å². The maximum Gasteiger partial charge on any atom is 0.257 e. The molecule has 0 radical (unpaired) electrons. The second kappa shape index (κ2) is 7.85. The molecule has 3 aromatic carbocycles. The Bertz CT molecular complexity index is 1220. The molecular formula is C22H18Cl2N4O. The number of aryl methyl sites for hydroxylation is 2. The number of nitrogens with one attached hydrogen (secondary N) is 1. The van der Waals surface area contributed by atoms with Gasteiger partial charge in [0.2, 0.25) is 0 Å². The van der Waals surface area contributed by atoms with Gasteiger partial charge in [-0.25, -0.2) is 0 Å². The van der Waals surface area contributed by atoms with Crippen molar-refractivity contribution < 1.29 is 4.79 Å². The van der Waals surface area contributed by atoms with Crippen molar-refractivity contribution in [3.63, 3.8) is 0 Å². The molecule has 0 spiro atoms. The summed E-state index contributed by atoms with van der Waals surface area (Å²) in [5, 5.41) is 12.6. The van der Waals surface area contributed by atoms with Crippen LogP contribution in [0.15, 0.2) is 54.6 Å². The number of anilines is 1. The highest BCUT2D eigenvalue weighted by atomic mass is 35.5. The summed E-state index contributed by atoms with van der Waals surface area (Å²) < 4.78 is 0. The summed E-state index contributed by atoms with van der Waals surface area (Å²) in [5.74, 6) is -0.331. The predicted octanol–water partition coefficient (Wildman–Crippen LogP) is 5.85. The number of nitrogens with zero attached hydrogens (tertiary/aromatic N) is 3. The minimum atomic E-state index is -0.331. The highest BCUT2D eigenvalue weighted by Crippen LogP contribution is 2.28. The van der Waals surface area contributed by atoms with Crippen molar-refractivity contribution in [1.29, 1.82) is 0 Å². The minimum Gasteiger partial charge on any atom is -0.322 e. The number of carbonyl (C=O) groups excluding carboxylic acids is 1. The fourth-order valence-electron chi connectivity index (χ4n) is 3.05. The molecule has 1 heterocycles. The van der Waals surface area contributed by atoms with Crippen LogP contribution >= 0.6 is 23.2 Å². The largest absolute Gasteiger partial charge is 0.322 e. The number of carbonyl (C=O) groups is 1. The summed E-state index contributed by atoms with van der Waals surface area (Å²) >= 11 is 12.2. The number of fused-ring (bicyclic) bond motifs is 1. The Labute approximate surface area is 178 Å². The quantitative estimate of drug-likeness (QED) is 0.446. The minimum absolute atomic E-state index is 0.229. The molecule has 7 heteroatoms. The molecule has 0 fully saturated rings. The maximum absolute atomic E-state index is 12.7. The Morgan fingerprint density at radius 3 is 2.41 bits per heavy atom. The Hall–Kier alpha value is -2.89. The molecule has 0 atom stereocenters. The molecule has 0 bridgehead atoms. The first-order valence-corrected chi connectivity index (χ1v) is 9.94. The van der Waals surface area contributed by atoms with Gasteiger partial charge in [0, 0.05) is 5.69 Å². The standard InChI is InChI=1S/C22H18Cl2N4O/c1-3-14-7-9-15(10-8-14)28-26-19-11-13(2)18(12-20(19)27-28)25-22(29)16-5-4-6-17(23)21(16)24/h4-12H,3H2,1-2H3,(H,25,29). The van der Waals surface area contributed by atoms with E-state index >= 15 is 0 Å². The molecule has 4 rings (SSSR count). The van der Waals surface area contributed by atoms with Crippen LogP contribution < -0.4 is 5.32 Å². The lowest BCUT2D eigenvalue weighted by Gasteiger charge is -2.09. The Balaban J connectivity index is 1.66. The molecule has 1 N–H and O–H groups in total. The maximum atomic E-state index is 12.7. The van der Waals surface area contributed by atoms with Gasteiger partial charge >= 0.3 is 0 Å². The normalized spacial score (nSPS) is 11.0. The summed E-state index contributed by atoms with van der Waals surface area (Å²) in [6.07, 6.45) is 0.980. The first kappa shape index (κ1) is 19.4. The summed E-state index contributed by atoms with van der Waals surface area (Å²) in [6, 6.07) is 16.8. The number of hydrogen-bond donors (Lipinski definition) is 1. The van der Waals surface area contributed by atoms with Crippen LogP contribution in [0.4, 0.5) is 5.69 Å². The second-order valence-corrected chi connectivity index (χ2v) is 7.51. The van der Waals surface area contributed by atoms with Crippen LogP contribution in [0.25, 0.3) is 16.7 Å². The molecular weight excluding hydrogens is 407 g/mol. The van der Waals surface area contributed by atoms with Gasteiger partial charge in [-0.05, 0) is 60.9 Å². The first-order valence-electron chi connectivity index (χ1n) is 9.18. The van der Waals surface area contributed by atoms with E-state index in [1.807, 2.05) is 31.2 Å². The highest BCUT2D eigenvalue weighted by molar-refractivity contribution is 6.44. The van der Waals surface area contributed by atoms with E-state index in [0.717, 1.165) is 23.2 Å². The highest BCUT2D eigenvalue weighted by Gasteiger charge is 2.15. The van der Waals surface area contributed by atoms with Gasteiger partial charge in [-0.15, -0.1) is 10.2 Å². The average molecular weight is 425 g/mol. The van der Waals surface area contributed by atoms with E-state index in [1.165, 1.54) is 5.56 Å². The smallest absolute Gasteiger partial charge is 0.257 e. The van der Waals surface area contributed by atoms with Gasteiger partial charge in [0.25, 0.3) is 5.91 Å². The lowest BCUT2D eigenvalue weighted by atomic mass is 10.1. The molecule has 0 aliphatic rings. The first-order chi connectivity index (χ1) is 14.0. The zero-order valence-electron chi connectivity index (χ0n) is 15.9. The van der Waals surface area contributed by atoms with Crippen molar-refractivity contribution in [3.8, 4) is 5.69 Å². The van der Waals surface area contributed by atoms with Crippen LogP contribution in [0.2, 0.25) is 10.0 Å². The summed E-state index contributed by atoms with van der Waals surface area (Å²) in [7, 11) is 0. The second-order valence-electron chi connectivity index (χ2n) is 6.72. The van der Waals surface area contributed by atoms with Crippen molar-refractivity contribution in [2.45, 2.75) is 20.3 Å². The molecule has 0 saturated heterocycles. The van der Waals surface area contributed by atoms with Crippen molar-refractivity contribution in [3.05, 3.63) is 81.3 Å². The predicted molar refractivity (Wildman–Crippen MR) is 117 cm³/mol. The summed E-state index contributed by atoms with van der Waals surface area (Å²) in [5.41, 5.74) is 5.41. The van der Waals surface area contributed by atoms with Gasteiger partial charge in [0.05, 0.1) is 21.3 Å². The van der Waals surface area contributed by atoms with Crippen molar-refractivity contribution in [1.82, 2.24) is 15.0 Å². The van der Waals surface area contributed by atoms with Crippen LogP contribution in [0.1, 0.15) is 28.4 Å². The van der Waals surface area contributed by atoms with Crippen molar-refractivity contribution in [2.75, 3.05) is 5.32 Å². The number of aromatic nitrogens is 3. The zero-order valence-corrected chi connectivity index (χ0v) is 17.4. The van der Waals surface area contributed by atoms with Crippen LogP contribution in [-0.2, 0) is 6.42 Å². The third kappa shape index (κ3) is 3.84. The Morgan fingerprint density at radius 2 is 1.72 bits per heavy atom. The lowest BCUT2D eigenvalue weighted by Crippen LogP contribution is -2.13. The summed E-state index contributed by atoms with van der Waals surface area (Å²) in [6.45, 7) is 4.02. The average Bonchev–Trinajstić information content (AvgIpc) is 3.13. The van der Waals surface area contributed by atoms with E-state index in [2.05, 4.69) is 34.6 Å². The number of benzene rings is 3.